The minimum absolute atomic E-state index is 0.154. The maximum Gasteiger partial charge on any atom is 0.340 e. The second-order valence-electron chi connectivity index (χ2n) is 3.72. The van der Waals surface area contributed by atoms with E-state index in [4.69, 9.17) is 13.7 Å². The summed E-state index contributed by atoms with van der Waals surface area (Å²) in [6.45, 7) is 0. The van der Waals surface area contributed by atoms with Gasteiger partial charge in [-0.3, -0.25) is 4.79 Å². The van der Waals surface area contributed by atoms with Gasteiger partial charge in [-0.1, -0.05) is 0 Å². The van der Waals surface area contributed by atoms with Gasteiger partial charge in [0.25, 0.3) is 5.43 Å². The Morgan fingerprint density at radius 2 is 2.22 bits per heavy atom. The predicted molar refractivity (Wildman–Crippen MR) is 62.8 cm³/mol. The maximum absolute atomic E-state index is 12.2. The van der Waals surface area contributed by atoms with Crippen molar-refractivity contribution in [2.75, 3.05) is 7.11 Å². The Kier molecular flexibility index (Phi) is 2.37. The number of rotatable bonds is 2. The van der Waals surface area contributed by atoms with E-state index in [-0.39, 0.29) is 5.43 Å². The average molecular weight is 244 g/mol. The molecule has 0 bridgehead atoms. The van der Waals surface area contributed by atoms with E-state index in [9.17, 15) is 4.79 Å². The van der Waals surface area contributed by atoms with Crippen molar-refractivity contribution in [1.82, 2.24) is 0 Å². The molecule has 1 aromatic carbocycles. The van der Waals surface area contributed by atoms with Crippen molar-refractivity contribution < 1.29 is 18.4 Å². The third-order valence-electron chi connectivity index (χ3n) is 2.68. The number of aromatic nitrogens is 1. The highest BCUT2D eigenvalue weighted by Crippen LogP contribution is 2.18. The van der Waals surface area contributed by atoms with E-state index in [0.717, 1.165) is 0 Å². The highest BCUT2D eigenvalue weighted by atomic mass is 16.5. The number of methoxy groups -OCH3 is 1. The van der Waals surface area contributed by atoms with Crippen molar-refractivity contribution in [3.63, 3.8) is 0 Å². The molecule has 2 aromatic heterocycles. The molecule has 0 atom stereocenters. The fourth-order valence-corrected chi connectivity index (χ4v) is 1.76. The largest absolute Gasteiger partial charge is 0.497 e. The van der Waals surface area contributed by atoms with Crippen LogP contribution in [-0.4, -0.2) is 7.11 Å². The number of fused-ring (bicyclic) bond motifs is 1. The summed E-state index contributed by atoms with van der Waals surface area (Å²) in [7, 11) is 1.56. The van der Waals surface area contributed by atoms with E-state index in [1.807, 2.05) is 0 Å². The van der Waals surface area contributed by atoms with Gasteiger partial charge in [-0.25, -0.2) is 4.52 Å². The molecule has 0 saturated heterocycles. The lowest BCUT2D eigenvalue weighted by molar-refractivity contribution is -0.785. The van der Waals surface area contributed by atoms with Gasteiger partial charge in [0.05, 0.1) is 12.5 Å². The van der Waals surface area contributed by atoms with E-state index in [1.54, 1.807) is 37.6 Å². The van der Waals surface area contributed by atoms with Crippen LogP contribution in [-0.2, 0) is 0 Å². The van der Waals surface area contributed by atoms with Gasteiger partial charge in [0.2, 0.25) is 6.20 Å². The number of nitrogens with zero attached hydrogens (tertiary/aromatic N) is 1. The zero-order valence-electron chi connectivity index (χ0n) is 9.62. The van der Waals surface area contributed by atoms with Crippen LogP contribution >= 0.6 is 0 Å². The van der Waals surface area contributed by atoms with Gasteiger partial charge in [-0.15, -0.1) is 0 Å². The molecule has 0 radical (unpaired) electrons. The van der Waals surface area contributed by atoms with Crippen molar-refractivity contribution in [3.8, 4) is 11.4 Å². The number of ether oxygens (including phenoxy) is 1. The van der Waals surface area contributed by atoms with Gasteiger partial charge in [0, 0.05) is 16.9 Å². The van der Waals surface area contributed by atoms with Crippen molar-refractivity contribution in [2.24, 2.45) is 0 Å². The Morgan fingerprint density at radius 1 is 1.33 bits per heavy atom. The van der Waals surface area contributed by atoms with Gasteiger partial charge in [-0.2, -0.15) is 0 Å². The first-order chi connectivity index (χ1) is 8.79. The Hall–Kier alpha value is -2.56. The second kappa shape index (κ2) is 4.03. The van der Waals surface area contributed by atoms with Crippen LogP contribution in [0.25, 0.3) is 16.7 Å². The first-order valence-corrected chi connectivity index (χ1v) is 5.35. The van der Waals surface area contributed by atoms with Gasteiger partial charge in [0.15, 0.2) is 12.5 Å². The highest BCUT2D eigenvalue weighted by molar-refractivity contribution is 5.78. The number of hydrogen-bond donors (Lipinski definition) is 0. The molecule has 5 nitrogen and oxygen atoms in total. The average Bonchev–Trinajstić information content (AvgIpc) is 2.92. The standard InChI is InChI=1S/C13H10NO4/c1-16-9-3-4-10-12(7-9)17-8-11(13(10)15)14-5-2-6-18-14/h2-8H,1H3/q+1. The molecule has 3 rings (SSSR count). The molecule has 5 heteroatoms. The molecule has 3 aromatic rings. The van der Waals surface area contributed by atoms with Crippen molar-refractivity contribution in [3.05, 3.63) is 53.2 Å². The topological polar surface area (TPSA) is 56.5 Å². The van der Waals surface area contributed by atoms with Gasteiger partial charge in [-0.05, 0) is 12.1 Å². The summed E-state index contributed by atoms with van der Waals surface area (Å²) in [5, 5.41) is 0.484. The molecule has 0 fully saturated rings. The monoisotopic (exact) mass is 244 g/mol. The van der Waals surface area contributed by atoms with Gasteiger partial charge in [0.1, 0.15) is 11.3 Å². The molecule has 0 amide bonds. The van der Waals surface area contributed by atoms with Gasteiger partial charge < -0.3 is 9.15 Å². The van der Waals surface area contributed by atoms with Crippen molar-refractivity contribution >= 4 is 11.0 Å². The third kappa shape index (κ3) is 1.57. The van der Waals surface area contributed by atoms with E-state index >= 15 is 0 Å². The van der Waals surface area contributed by atoms with E-state index in [2.05, 4.69) is 0 Å². The minimum Gasteiger partial charge on any atom is -0.497 e. The van der Waals surface area contributed by atoms with E-state index in [0.29, 0.717) is 22.4 Å². The van der Waals surface area contributed by atoms with Crippen LogP contribution < -0.4 is 14.9 Å². The smallest absolute Gasteiger partial charge is 0.340 e. The molecule has 0 N–H and O–H groups in total. The fourth-order valence-electron chi connectivity index (χ4n) is 1.76. The first kappa shape index (κ1) is 10.6. The first-order valence-electron chi connectivity index (χ1n) is 5.35. The van der Waals surface area contributed by atoms with Crippen LogP contribution in [0.2, 0.25) is 0 Å². The lowest BCUT2D eigenvalue weighted by Crippen LogP contribution is -2.33. The number of hydrogen-bond acceptors (Lipinski definition) is 4. The molecule has 0 spiro atoms. The lowest BCUT2D eigenvalue weighted by atomic mass is 10.2. The maximum atomic E-state index is 12.2. The van der Waals surface area contributed by atoms with Crippen LogP contribution in [0.1, 0.15) is 0 Å². The lowest BCUT2D eigenvalue weighted by Gasteiger charge is -2.00. The summed E-state index contributed by atoms with van der Waals surface area (Å²) in [4.78, 5) is 12.2. The molecule has 0 saturated carbocycles. The van der Waals surface area contributed by atoms with E-state index in [1.165, 1.54) is 17.3 Å². The molecule has 0 aliphatic heterocycles. The Morgan fingerprint density at radius 3 is 2.94 bits per heavy atom. The molecule has 0 aliphatic rings. The second-order valence-corrected chi connectivity index (χ2v) is 3.72. The highest BCUT2D eigenvalue weighted by Gasteiger charge is 2.18. The molecule has 18 heavy (non-hydrogen) atoms. The summed E-state index contributed by atoms with van der Waals surface area (Å²) in [6.07, 6.45) is 4.49. The predicted octanol–water partition coefficient (Wildman–Crippen LogP) is 1.67. The summed E-state index contributed by atoms with van der Waals surface area (Å²) >= 11 is 0. The molecule has 0 unspecified atom stereocenters. The van der Waals surface area contributed by atoms with Crippen LogP contribution in [0, 0.1) is 0 Å². The fraction of sp³-hybridized carbons (Fsp3) is 0.0769. The Labute approximate surface area is 102 Å². The molecular weight excluding hydrogens is 234 g/mol. The van der Waals surface area contributed by atoms with Gasteiger partial charge >= 0.3 is 5.69 Å². The zero-order valence-corrected chi connectivity index (χ0v) is 9.62. The molecule has 90 valence electrons. The molecule has 2 heterocycles. The molecular formula is C13H10NO4+. The quantitative estimate of drug-likeness (QED) is 0.643. The van der Waals surface area contributed by atoms with Crippen LogP contribution in [0.4, 0.5) is 0 Å². The summed E-state index contributed by atoms with van der Waals surface area (Å²) in [6, 6.07) is 6.76. The summed E-state index contributed by atoms with van der Waals surface area (Å²) < 4.78 is 17.0. The Balaban J connectivity index is 2.27. The van der Waals surface area contributed by atoms with Crippen LogP contribution in [0.15, 0.2) is 56.7 Å². The van der Waals surface area contributed by atoms with Crippen molar-refractivity contribution in [2.45, 2.75) is 0 Å². The zero-order chi connectivity index (χ0) is 12.5. The van der Waals surface area contributed by atoms with Crippen molar-refractivity contribution in [1.29, 1.82) is 0 Å². The Bertz CT molecular complexity index is 743. The normalized spacial score (nSPS) is 10.7. The minimum atomic E-state index is -0.154. The third-order valence-corrected chi connectivity index (χ3v) is 2.68. The summed E-state index contributed by atoms with van der Waals surface area (Å²) in [5.74, 6) is 0.643. The van der Waals surface area contributed by atoms with E-state index < -0.39 is 0 Å². The van der Waals surface area contributed by atoms with Crippen LogP contribution in [0.5, 0.6) is 5.75 Å². The SMILES string of the molecule is COc1ccc2c(=O)c(-[n+]3ccco3)coc2c1. The molecule has 0 aliphatic carbocycles. The summed E-state index contributed by atoms with van der Waals surface area (Å²) in [5.41, 5.74) is 0.659. The number of benzene rings is 1. The van der Waals surface area contributed by atoms with Crippen LogP contribution in [0.3, 0.4) is 0 Å².